The fourth-order valence-corrected chi connectivity index (χ4v) is 2.75. The Balaban J connectivity index is 0.00000162. The zero-order chi connectivity index (χ0) is 12.4. The van der Waals surface area contributed by atoms with Crippen LogP contribution in [0, 0.1) is 0 Å². The molecular weight excluding hydrogens is 250 g/mol. The monoisotopic (exact) mass is 271 g/mol. The van der Waals surface area contributed by atoms with Crippen LogP contribution >= 0.6 is 12.4 Å². The van der Waals surface area contributed by atoms with Crippen molar-refractivity contribution in [3.05, 3.63) is 23.3 Å². The summed E-state index contributed by atoms with van der Waals surface area (Å²) in [6.45, 7) is 1.10. The van der Waals surface area contributed by atoms with E-state index >= 15 is 0 Å². The minimum atomic E-state index is 0. The number of benzene rings is 1. The first-order valence-corrected chi connectivity index (χ1v) is 6.05. The summed E-state index contributed by atoms with van der Waals surface area (Å²) in [6.07, 6.45) is 2.30. The van der Waals surface area contributed by atoms with E-state index in [4.69, 9.17) is 9.47 Å². The van der Waals surface area contributed by atoms with Crippen molar-refractivity contribution in [2.45, 2.75) is 18.8 Å². The van der Waals surface area contributed by atoms with Gasteiger partial charge in [-0.3, -0.25) is 0 Å². The van der Waals surface area contributed by atoms with Crippen LogP contribution in [0.15, 0.2) is 12.1 Å². The first kappa shape index (κ1) is 15.1. The highest BCUT2D eigenvalue weighted by Gasteiger charge is 2.27. The topological polar surface area (TPSA) is 21.7 Å². The maximum absolute atomic E-state index is 5.49. The molecule has 0 amide bonds. The van der Waals surface area contributed by atoms with Crippen molar-refractivity contribution in [3.8, 4) is 11.5 Å². The number of fused-ring (bicyclic) bond motifs is 1. The molecule has 0 fully saturated rings. The Morgan fingerprint density at radius 2 is 1.94 bits per heavy atom. The minimum absolute atomic E-state index is 0. The van der Waals surface area contributed by atoms with E-state index in [1.807, 2.05) is 6.07 Å². The van der Waals surface area contributed by atoms with Gasteiger partial charge in [0.1, 0.15) is 0 Å². The second kappa shape index (κ2) is 6.30. The molecule has 0 aliphatic heterocycles. The predicted octanol–water partition coefficient (Wildman–Crippen LogP) is 2.72. The van der Waals surface area contributed by atoms with Crippen molar-refractivity contribution in [2.24, 2.45) is 0 Å². The van der Waals surface area contributed by atoms with Crippen LogP contribution in [-0.4, -0.2) is 39.8 Å². The molecule has 0 radical (unpaired) electrons. The van der Waals surface area contributed by atoms with Crippen molar-refractivity contribution in [3.63, 3.8) is 0 Å². The van der Waals surface area contributed by atoms with E-state index in [1.165, 1.54) is 17.5 Å². The van der Waals surface area contributed by atoms with E-state index in [0.717, 1.165) is 24.5 Å². The highest BCUT2D eigenvalue weighted by Crippen LogP contribution is 2.43. The highest BCUT2D eigenvalue weighted by molar-refractivity contribution is 5.85. The van der Waals surface area contributed by atoms with E-state index < -0.39 is 0 Å². The van der Waals surface area contributed by atoms with Crippen LogP contribution in [0.2, 0.25) is 0 Å². The summed E-state index contributed by atoms with van der Waals surface area (Å²) in [7, 11) is 7.66. The molecule has 1 aliphatic carbocycles. The summed E-state index contributed by atoms with van der Waals surface area (Å²) in [5.74, 6) is 2.39. The second-order valence-electron chi connectivity index (χ2n) is 4.87. The summed E-state index contributed by atoms with van der Waals surface area (Å²) in [5.41, 5.74) is 2.76. The molecule has 3 nitrogen and oxygen atoms in total. The Morgan fingerprint density at radius 1 is 1.22 bits per heavy atom. The van der Waals surface area contributed by atoms with E-state index in [0.29, 0.717) is 5.92 Å². The number of halogens is 1. The van der Waals surface area contributed by atoms with Crippen LogP contribution in [-0.2, 0) is 6.42 Å². The van der Waals surface area contributed by atoms with E-state index in [9.17, 15) is 0 Å². The lowest BCUT2D eigenvalue weighted by molar-refractivity contribution is 0.352. The Kier molecular flexibility index (Phi) is 5.29. The lowest BCUT2D eigenvalue weighted by atomic mass is 10.0. The molecular formula is C14H22ClNO2. The van der Waals surface area contributed by atoms with Crippen molar-refractivity contribution >= 4 is 12.4 Å². The molecule has 0 aromatic heterocycles. The predicted molar refractivity (Wildman–Crippen MR) is 76.4 cm³/mol. The van der Waals surface area contributed by atoms with Gasteiger partial charge in [0.25, 0.3) is 0 Å². The number of hydrogen-bond acceptors (Lipinski definition) is 3. The maximum atomic E-state index is 5.49. The van der Waals surface area contributed by atoms with Gasteiger partial charge in [-0.25, -0.2) is 0 Å². The van der Waals surface area contributed by atoms with Gasteiger partial charge >= 0.3 is 0 Å². The molecule has 0 saturated heterocycles. The Labute approximate surface area is 115 Å². The number of likely N-dealkylation sites (N-methyl/N-ethyl adjacent to an activating group) is 1. The molecule has 1 aliphatic rings. The third-order valence-corrected chi connectivity index (χ3v) is 3.45. The van der Waals surface area contributed by atoms with Gasteiger partial charge in [-0.05, 0) is 44.5 Å². The van der Waals surface area contributed by atoms with Gasteiger partial charge in [-0.2, -0.15) is 0 Å². The normalized spacial score (nSPS) is 17.3. The van der Waals surface area contributed by atoms with Crippen LogP contribution in [0.5, 0.6) is 11.5 Å². The lowest BCUT2D eigenvalue weighted by Crippen LogP contribution is -2.18. The Morgan fingerprint density at radius 3 is 2.50 bits per heavy atom. The first-order valence-electron chi connectivity index (χ1n) is 6.05. The molecule has 4 heteroatoms. The summed E-state index contributed by atoms with van der Waals surface area (Å²) in [6, 6.07) is 4.21. The van der Waals surface area contributed by atoms with Crippen LogP contribution in [0.25, 0.3) is 0 Å². The van der Waals surface area contributed by atoms with Gasteiger partial charge in [0.15, 0.2) is 11.5 Å². The second-order valence-corrected chi connectivity index (χ2v) is 4.87. The number of nitrogens with zero attached hydrogens (tertiary/aromatic N) is 1. The Hall–Kier alpha value is -0.930. The average molecular weight is 272 g/mol. The molecule has 0 N–H and O–H groups in total. The number of methoxy groups -OCH3 is 2. The zero-order valence-corrected chi connectivity index (χ0v) is 12.3. The van der Waals surface area contributed by atoms with E-state index in [1.54, 1.807) is 14.2 Å². The Bertz CT molecular complexity index is 407. The molecule has 102 valence electrons. The third-order valence-electron chi connectivity index (χ3n) is 3.45. The highest BCUT2D eigenvalue weighted by atomic mass is 35.5. The van der Waals surface area contributed by atoms with Gasteiger partial charge in [0.2, 0.25) is 0 Å². The molecule has 0 bridgehead atoms. The molecule has 0 saturated carbocycles. The van der Waals surface area contributed by atoms with Crippen molar-refractivity contribution in [1.29, 1.82) is 0 Å². The maximum Gasteiger partial charge on any atom is 0.164 e. The molecule has 1 aromatic carbocycles. The fraction of sp³-hybridized carbons (Fsp3) is 0.571. The SMILES string of the molecule is COc1ccc2c(c1OC)CCC2CN(C)C.Cl. The first-order chi connectivity index (χ1) is 8.17. The number of rotatable bonds is 4. The van der Waals surface area contributed by atoms with E-state index in [2.05, 4.69) is 25.1 Å². The summed E-state index contributed by atoms with van der Waals surface area (Å²) in [5, 5.41) is 0. The molecule has 0 heterocycles. The van der Waals surface area contributed by atoms with Crippen LogP contribution in [0.3, 0.4) is 0 Å². The van der Waals surface area contributed by atoms with Crippen LogP contribution in [0.4, 0.5) is 0 Å². The standard InChI is InChI=1S/C14H21NO2.ClH/c1-15(2)9-10-5-6-12-11(10)7-8-13(16-3)14(12)17-4;/h7-8,10H,5-6,9H2,1-4H3;1H. The molecule has 18 heavy (non-hydrogen) atoms. The molecule has 1 aromatic rings. The van der Waals surface area contributed by atoms with Crippen molar-refractivity contribution in [1.82, 2.24) is 4.90 Å². The number of ether oxygens (including phenoxy) is 2. The van der Waals surface area contributed by atoms with Crippen LogP contribution < -0.4 is 9.47 Å². The summed E-state index contributed by atoms with van der Waals surface area (Å²) in [4.78, 5) is 2.25. The van der Waals surface area contributed by atoms with Gasteiger partial charge in [0.05, 0.1) is 14.2 Å². The van der Waals surface area contributed by atoms with Crippen LogP contribution in [0.1, 0.15) is 23.5 Å². The van der Waals surface area contributed by atoms with Gasteiger partial charge in [-0.15, -0.1) is 12.4 Å². The average Bonchev–Trinajstić information content (AvgIpc) is 2.70. The zero-order valence-electron chi connectivity index (χ0n) is 11.5. The van der Waals surface area contributed by atoms with E-state index in [-0.39, 0.29) is 12.4 Å². The molecule has 1 unspecified atom stereocenters. The lowest BCUT2D eigenvalue weighted by Gasteiger charge is -2.18. The molecule has 2 rings (SSSR count). The van der Waals surface area contributed by atoms with Gasteiger partial charge in [-0.1, -0.05) is 6.07 Å². The quantitative estimate of drug-likeness (QED) is 0.841. The smallest absolute Gasteiger partial charge is 0.164 e. The minimum Gasteiger partial charge on any atom is -0.493 e. The van der Waals surface area contributed by atoms with Crippen molar-refractivity contribution in [2.75, 3.05) is 34.9 Å². The fourth-order valence-electron chi connectivity index (χ4n) is 2.75. The number of hydrogen-bond donors (Lipinski definition) is 0. The van der Waals surface area contributed by atoms with Crippen molar-refractivity contribution < 1.29 is 9.47 Å². The molecule has 0 spiro atoms. The largest absolute Gasteiger partial charge is 0.493 e. The van der Waals surface area contributed by atoms with Gasteiger partial charge < -0.3 is 14.4 Å². The third kappa shape index (κ3) is 2.73. The summed E-state index contributed by atoms with van der Waals surface area (Å²) >= 11 is 0. The molecule has 1 atom stereocenters. The summed E-state index contributed by atoms with van der Waals surface area (Å²) < 4.78 is 10.8. The van der Waals surface area contributed by atoms with Gasteiger partial charge in [0, 0.05) is 12.1 Å².